The van der Waals surface area contributed by atoms with Crippen LogP contribution in [0.1, 0.15) is 11.6 Å². The molecule has 1 amide bonds. The second kappa shape index (κ2) is 4.67. The molecule has 106 valence electrons. The van der Waals surface area contributed by atoms with Gasteiger partial charge in [-0.15, -0.1) is 0 Å². The number of carbonyl (C=O) groups is 1. The monoisotopic (exact) mass is 289 g/mol. The van der Waals surface area contributed by atoms with Crippen LogP contribution in [-0.4, -0.2) is 20.4 Å². The van der Waals surface area contributed by atoms with E-state index in [9.17, 15) is 10.1 Å². The minimum Gasteiger partial charge on any atom is -0.300 e. The lowest BCUT2D eigenvalue weighted by molar-refractivity contribution is -0.119. The molecule has 1 N–H and O–H groups in total. The van der Waals surface area contributed by atoms with Crippen LogP contribution < -0.4 is 5.32 Å². The first-order chi connectivity index (χ1) is 10.8. The zero-order valence-electron chi connectivity index (χ0n) is 11.5. The van der Waals surface area contributed by atoms with Gasteiger partial charge in [-0.25, -0.2) is 4.98 Å². The number of nitrogens with one attached hydrogen (secondary N) is 1. The Bertz CT molecular complexity index is 909. The lowest BCUT2D eigenvalue weighted by Crippen LogP contribution is -2.37. The highest BCUT2D eigenvalue weighted by atomic mass is 16.2. The second-order valence-electron chi connectivity index (χ2n) is 5.12. The Morgan fingerprint density at radius 2 is 1.95 bits per heavy atom. The van der Waals surface area contributed by atoms with Crippen LogP contribution in [-0.2, 0) is 4.79 Å². The molecule has 0 fully saturated rings. The van der Waals surface area contributed by atoms with Crippen molar-refractivity contribution in [1.82, 2.24) is 14.5 Å². The Morgan fingerprint density at radius 1 is 1.18 bits per heavy atom. The first kappa shape index (κ1) is 12.5. The quantitative estimate of drug-likeness (QED) is 0.743. The van der Waals surface area contributed by atoms with Crippen molar-refractivity contribution in [3.8, 4) is 6.07 Å². The van der Waals surface area contributed by atoms with Crippen molar-refractivity contribution in [3.05, 3.63) is 54.4 Å². The van der Waals surface area contributed by atoms with Crippen molar-refractivity contribution >= 4 is 22.9 Å². The van der Waals surface area contributed by atoms with Gasteiger partial charge >= 0.3 is 0 Å². The third-order valence-electron chi connectivity index (χ3n) is 3.89. The molecule has 6 heteroatoms. The van der Waals surface area contributed by atoms with E-state index in [1.54, 1.807) is 12.4 Å². The number of para-hydroxylation sites is 2. The summed E-state index contributed by atoms with van der Waals surface area (Å²) in [5.74, 6) is -0.667. The van der Waals surface area contributed by atoms with Gasteiger partial charge in [0.15, 0.2) is 5.92 Å². The third kappa shape index (κ3) is 1.69. The summed E-state index contributed by atoms with van der Waals surface area (Å²) >= 11 is 0. The third-order valence-corrected chi connectivity index (χ3v) is 3.89. The van der Waals surface area contributed by atoms with E-state index in [0.29, 0.717) is 5.95 Å². The molecule has 22 heavy (non-hydrogen) atoms. The van der Waals surface area contributed by atoms with Crippen molar-refractivity contribution in [3.63, 3.8) is 0 Å². The van der Waals surface area contributed by atoms with Crippen molar-refractivity contribution < 1.29 is 4.79 Å². The molecule has 0 aliphatic carbocycles. The van der Waals surface area contributed by atoms with Crippen molar-refractivity contribution in [2.24, 2.45) is 5.92 Å². The predicted molar refractivity (Wildman–Crippen MR) is 79.8 cm³/mol. The number of carbonyl (C=O) groups excluding carboxylic acids is 1. The highest BCUT2D eigenvalue weighted by molar-refractivity contribution is 5.97. The van der Waals surface area contributed by atoms with Crippen LogP contribution >= 0.6 is 0 Å². The molecular formula is C16H11N5O. The zero-order valence-corrected chi connectivity index (χ0v) is 11.5. The van der Waals surface area contributed by atoms with Crippen LogP contribution in [0.5, 0.6) is 0 Å². The van der Waals surface area contributed by atoms with Gasteiger partial charge in [-0.1, -0.05) is 12.1 Å². The number of imidazole rings is 1. The molecule has 0 radical (unpaired) electrons. The number of amides is 1. The number of hydrogen-bond acceptors (Lipinski definition) is 4. The number of anilines is 1. The molecule has 2 unspecified atom stereocenters. The van der Waals surface area contributed by atoms with E-state index in [2.05, 4.69) is 21.4 Å². The Morgan fingerprint density at radius 3 is 2.73 bits per heavy atom. The molecular weight excluding hydrogens is 278 g/mol. The van der Waals surface area contributed by atoms with Gasteiger partial charge in [-0.05, 0) is 29.8 Å². The summed E-state index contributed by atoms with van der Waals surface area (Å²) in [7, 11) is 0. The van der Waals surface area contributed by atoms with E-state index in [4.69, 9.17) is 0 Å². The molecule has 3 aromatic rings. The van der Waals surface area contributed by atoms with E-state index >= 15 is 0 Å². The van der Waals surface area contributed by atoms with Gasteiger partial charge in [0, 0.05) is 12.4 Å². The Labute approximate surface area is 126 Å². The Balaban J connectivity index is 2.03. The lowest BCUT2D eigenvalue weighted by atomic mass is 9.92. The predicted octanol–water partition coefficient (Wildman–Crippen LogP) is 2.11. The number of pyridine rings is 1. The van der Waals surface area contributed by atoms with Crippen LogP contribution in [0.2, 0.25) is 0 Å². The summed E-state index contributed by atoms with van der Waals surface area (Å²) in [6.45, 7) is 0. The van der Waals surface area contributed by atoms with Gasteiger partial charge < -0.3 is 4.57 Å². The van der Waals surface area contributed by atoms with Crippen LogP contribution in [0.4, 0.5) is 5.95 Å². The molecule has 2 aromatic heterocycles. The molecule has 0 bridgehead atoms. The van der Waals surface area contributed by atoms with Crippen molar-refractivity contribution in [2.75, 3.05) is 5.32 Å². The first-order valence-electron chi connectivity index (χ1n) is 6.87. The molecule has 0 spiro atoms. The fourth-order valence-electron chi connectivity index (χ4n) is 2.93. The maximum atomic E-state index is 12.2. The molecule has 6 nitrogen and oxygen atoms in total. The van der Waals surface area contributed by atoms with E-state index in [1.165, 1.54) is 0 Å². The van der Waals surface area contributed by atoms with Crippen LogP contribution in [0, 0.1) is 17.2 Å². The van der Waals surface area contributed by atoms with E-state index in [0.717, 1.165) is 16.6 Å². The number of aromatic nitrogens is 3. The maximum absolute atomic E-state index is 12.2. The summed E-state index contributed by atoms with van der Waals surface area (Å²) in [5.41, 5.74) is 2.54. The number of rotatable bonds is 1. The molecule has 1 aliphatic heterocycles. The van der Waals surface area contributed by atoms with Crippen LogP contribution in [0.3, 0.4) is 0 Å². The van der Waals surface area contributed by atoms with Crippen LogP contribution in [0.15, 0.2) is 48.8 Å². The summed E-state index contributed by atoms with van der Waals surface area (Å²) in [6.07, 6.45) is 3.32. The fourth-order valence-corrected chi connectivity index (χ4v) is 2.93. The Hall–Kier alpha value is -3.20. The molecule has 0 saturated heterocycles. The minimum atomic E-state index is -0.812. The highest BCUT2D eigenvalue weighted by Crippen LogP contribution is 2.37. The van der Waals surface area contributed by atoms with Gasteiger partial charge in [0.1, 0.15) is 0 Å². The number of fused-ring (bicyclic) bond motifs is 3. The number of nitriles is 1. The summed E-state index contributed by atoms with van der Waals surface area (Å²) in [4.78, 5) is 20.7. The van der Waals surface area contributed by atoms with Gasteiger partial charge in [0.25, 0.3) is 0 Å². The number of benzene rings is 1. The van der Waals surface area contributed by atoms with Gasteiger partial charge in [0.05, 0.1) is 23.1 Å². The normalized spacial score (nSPS) is 20.2. The average molecular weight is 289 g/mol. The molecule has 1 aromatic carbocycles. The largest absolute Gasteiger partial charge is 0.300 e. The summed E-state index contributed by atoms with van der Waals surface area (Å²) < 4.78 is 1.92. The Kier molecular flexibility index (Phi) is 2.66. The van der Waals surface area contributed by atoms with E-state index in [-0.39, 0.29) is 5.91 Å². The van der Waals surface area contributed by atoms with Crippen LogP contribution in [0.25, 0.3) is 11.0 Å². The topological polar surface area (TPSA) is 83.6 Å². The standard InChI is InChI=1S/C16H11N5O/c17-9-11-14(10-5-7-18-8-6-10)21-13-4-2-1-3-12(13)19-16(21)20-15(11)22/h1-8,11,14H,(H,19,20,22). The molecule has 4 rings (SSSR count). The van der Waals surface area contributed by atoms with E-state index < -0.39 is 12.0 Å². The first-order valence-corrected chi connectivity index (χ1v) is 6.87. The second-order valence-corrected chi connectivity index (χ2v) is 5.12. The summed E-state index contributed by atoms with van der Waals surface area (Å²) in [6, 6.07) is 13.0. The van der Waals surface area contributed by atoms with Crippen molar-refractivity contribution in [1.29, 1.82) is 5.26 Å². The maximum Gasteiger partial charge on any atom is 0.246 e. The summed E-state index contributed by atoms with van der Waals surface area (Å²) in [5, 5.41) is 12.2. The molecule has 2 atom stereocenters. The SMILES string of the molecule is N#CC1C(=O)Nc2nc3ccccc3n2C1c1ccncc1. The lowest BCUT2D eigenvalue weighted by Gasteiger charge is -2.29. The minimum absolute atomic E-state index is 0.327. The fraction of sp³-hybridized carbons (Fsp3) is 0.125. The smallest absolute Gasteiger partial charge is 0.246 e. The molecule has 0 saturated carbocycles. The van der Waals surface area contributed by atoms with Gasteiger partial charge in [0.2, 0.25) is 11.9 Å². The van der Waals surface area contributed by atoms with Gasteiger partial charge in [-0.2, -0.15) is 5.26 Å². The molecule has 1 aliphatic rings. The van der Waals surface area contributed by atoms with E-state index in [1.807, 2.05) is 41.0 Å². The number of hydrogen-bond donors (Lipinski definition) is 1. The molecule has 3 heterocycles. The average Bonchev–Trinajstić information content (AvgIpc) is 2.92. The zero-order chi connectivity index (χ0) is 15.1. The number of nitrogens with zero attached hydrogens (tertiary/aromatic N) is 4. The highest BCUT2D eigenvalue weighted by Gasteiger charge is 2.38. The van der Waals surface area contributed by atoms with Crippen molar-refractivity contribution in [2.45, 2.75) is 6.04 Å². The van der Waals surface area contributed by atoms with Gasteiger partial charge in [-0.3, -0.25) is 15.1 Å².